The van der Waals surface area contributed by atoms with Crippen LogP contribution in [0.25, 0.3) is 6.08 Å². The molecule has 1 aliphatic rings. The predicted molar refractivity (Wildman–Crippen MR) is 64.1 cm³/mol. The summed E-state index contributed by atoms with van der Waals surface area (Å²) in [5.74, 6) is 0.945. The van der Waals surface area contributed by atoms with Crippen LogP contribution in [-0.4, -0.2) is 7.11 Å². The average Bonchev–Trinajstić information content (AvgIpc) is 2.59. The summed E-state index contributed by atoms with van der Waals surface area (Å²) < 4.78 is 5.23. The van der Waals surface area contributed by atoms with E-state index in [-0.39, 0.29) is 5.41 Å². The predicted octanol–water partition coefficient (Wildman–Crippen LogP) is 3.68. The Kier molecular flexibility index (Phi) is 2.34. The highest BCUT2D eigenvalue weighted by atomic mass is 16.5. The van der Waals surface area contributed by atoms with E-state index < -0.39 is 0 Å². The third kappa shape index (κ3) is 1.92. The maximum atomic E-state index is 5.23. The van der Waals surface area contributed by atoms with Crippen LogP contribution in [0.3, 0.4) is 0 Å². The highest BCUT2D eigenvalue weighted by molar-refractivity contribution is 5.66. The summed E-state index contributed by atoms with van der Waals surface area (Å²) in [7, 11) is 1.71. The zero-order valence-electron chi connectivity index (χ0n) is 9.92. The fourth-order valence-electron chi connectivity index (χ4n) is 1.92. The fraction of sp³-hybridized carbons (Fsp3) is 0.429. The SMILES string of the molecule is COc1ccc2c(c1)C=C(C(C)(C)C)C2. The molecule has 2 rings (SSSR count). The van der Waals surface area contributed by atoms with Crippen molar-refractivity contribution in [2.24, 2.45) is 5.41 Å². The maximum Gasteiger partial charge on any atom is 0.119 e. The van der Waals surface area contributed by atoms with Crippen LogP contribution in [0.15, 0.2) is 23.8 Å². The molecule has 1 heteroatoms. The summed E-state index contributed by atoms with van der Waals surface area (Å²) in [6, 6.07) is 6.33. The van der Waals surface area contributed by atoms with Crippen molar-refractivity contribution in [2.45, 2.75) is 27.2 Å². The summed E-state index contributed by atoms with van der Waals surface area (Å²) in [5.41, 5.74) is 4.51. The molecule has 0 saturated heterocycles. The topological polar surface area (TPSA) is 9.23 Å². The van der Waals surface area contributed by atoms with Crippen molar-refractivity contribution in [1.29, 1.82) is 0 Å². The smallest absolute Gasteiger partial charge is 0.119 e. The second kappa shape index (κ2) is 3.41. The van der Waals surface area contributed by atoms with Gasteiger partial charge in [-0.05, 0) is 35.1 Å². The molecule has 1 aliphatic carbocycles. The van der Waals surface area contributed by atoms with E-state index in [9.17, 15) is 0 Å². The van der Waals surface area contributed by atoms with Gasteiger partial charge in [0.05, 0.1) is 7.11 Å². The van der Waals surface area contributed by atoms with Gasteiger partial charge in [0.25, 0.3) is 0 Å². The van der Waals surface area contributed by atoms with E-state index in [0.717, 1.165) is 12.2 Å². The molecule has 0 N–H and O–H groups in total. The average molecular weight is 202 g/mol. The number of benzene rings is 1. The number of hydrogen-bond acceptors (Lipinski definition) is 1. The molecule has 0 radical (unpaired) electrons. The lowest BCUT2D eigenvalue weighted by Gasteiger charge is -2.19. The lowest BCUT2D eigenvalue weighted by atomic mass is 9.85. The largest absolute Gasteiger partial charge is 0.497 e. The van der Waals surface area contributed by atoms with Gasteiger partial charge in [0.2, 0.25) is 0 Å². The fourth-order valence-corrected chi connectivity index (χ4v) is 1.92. The summed E-state index contributed by atoms with van der Waals surface area (Å²) >= 11 is 0. The van der Waals surface area contributed by atoms with E-state index in [0.29, 0.717) is 0 Å². The molecule has 0 unspecified atom stereocenters. The third-order valence-electron chi connectivity index (χ3n) is 3.03. The molecule has 0 heterocycles. The van der Waals surface area contributed by atoms with Gasteiger partial charge in [-0.1, -0.05) is 38.5 Å². The molecule has 0 aliphatic heterocycles. The Bertz CT molecular complexity index is 408. The van der Waals surface area contributed by atoms with Gasteiger partial charge >= 0.3 is 0 Å². The van der Waals surface area contributed by atoms with Crippen LogP contribution in [0.1, 0.15) is 31.9 Å². The minimum atomic E-state index is 0.270. The van der Waals surface area contributed by atoms with Crippen molar-refractivity contribution < 1.29 is 4.74 Å². The Morgan fingerprint density at radius 2 is 1.93 bits per heavy atom. The number of fused-ring (bicyclic) bond motifs is 1. The zero-order valence-corrected chi connectivity index (χ0v) is 9.92. The van der Waals surface area contributed by atoms with Crippen LogP contribution < -0.4 is 4.74 Å². The molecule has 0 amide bonds. The Hall–Kier alpha value is -1.24. The highest BCUT2D eigenvalue weighted by Crippen LogP contribution is 2.37. The maximum absolute atomic E-state index is 5.23. The van der Waals surface area contributed by atoms with Crippen molar-refractivity contribution in [3.63, 3.8) is 0 Å². The van der Waals surface area contributed by atoms with Gasteiger partial charge in [-0.2, -0.15) is 0 Å². The summed E-state index contributed by atoms with van der Waals surface area (Å²) in [6.45, 7) is 6.80. The Morgan fingerprint density at radius 1 is 1.20 bits per heavy atom. The first-order valence-corrected chi connectivity index (χ1v) is 5.38. The lowest BCUT2D eigenvalue weighted by Crippen LogP contribution is -2.08. The van der Waals surface area contributed by atoms with E-state index in [1.165, 1.54) is 16.7 Å². The third-order valence-corrected chi connectivity index (χ3v) is 3.03. The first-order chi connectivity index (χ1) is 7.00. The van der Waals surface area contributed by atoms with Crippen molar-refractivity contribution >= 4 is 6.08 Å². The first kappa shape index (κ1) is 10.3. The quantitative estimate of drug-likeness (QED) is 0.675. The van der Waals surface area contributed by atoms with E-state index in [2.05, 4.69) is 39.0 Å². The van der Waals surface area contributed by atoms with Gasteiger partial charge < -0.3 is 4.74 Å². The van der Waals surface area contributed by atoms with Gasteiger partial charge in [-0.25, -0.2) is 0 Å². The summed E-state index contributed by atoms with van der Waals surface area (Å²) in [5, 5.41) is 0. The van der Waals surface area contributed by atoms with Gasteiger partial charge in [0, 0.05) is 0 Å². The molecule has 0 fully saturated rings. The molecule has 0 saturated carbocycles. The Morgan fingerprint density at radius 3 is 2.53 bits per heavy atom. The van der Waals surface area contributed by atoms with Gasteiger partial charge in [0.15, 0.2) is 0 Å². The van der Waals surface area contributed by atoms with Crippen LogP contribution in [0.5, 0.6) is 5.75 Å². The Labute approximate surface area is 91.8 Å². The van der Waals surface area contributed by atoms with Crippen LogP contribution in [0, 0.1) is 5.41 Å². The van der Waals surface area contributed by atoms with Gasteiger partial charge in [-0.15, -0.1) is 0 Å². The molecule has 0 bridgehead atoms. The molecule has 0 aromatic heterocycles. The van der Waals surface area contributed by atoms with Gasteiger partial charge in [-0.3, -0.25) is 0 Å². The van der Waals surface area contributed by atoms with Crippen molar-refractivity contribution in [1.82, 2.24) is 0 Å². The zero-order chi connectivity index (χ0) is 11.1. The number of hydrogen-bond donors (Lipinski definition) is 0. The minimum Gasteiger partial charge on any atom is -0.497 e. The van der Waals surface area contributed by atoms with Crippen LogP contribution in [0.4, 0.5) is 0 Å². The molecule has 0 atom stereocenters. The summed E-state index contributed by atoms with van der Waals surface area (Å²) in [4.78, 5) is 0. The van der Waals surface area contributed by atoms with Crippen LogP contribution in [0.2, 0.25) is 0 Å². The normalized spacial score (nSPS) is 14.8. The molecule has 1 aromatic rings. The monoisotopic (exact) mass is 202 g/mol. The Balaban J connectivity index is 2.36. The van der Waals surface area contributed by atoms with Crippen molar-refractivity contribution in [3.05, 3.63) is 34.9 Å². The molecule has 0 spiro atoms. The number of ether oxygens (including phenoxy) is 1. The standard InChI is InChI=1S/C14H18O/c1-14(2,3)12-7-10-5-6-13(15-4)9-11(10)8-12/h5-6,8-9H,7H2,1-4H3. The van der Waals surface area contributed by atoms with Gasteiger partial charge in [0.1, 0.15) is 5.75 Å². The first-order valence-electron chi connectivity index (χ1n) is 5.38. The molecular formula is C14H18O. The van der Waals surface area contributed by atoms with Crippen molar-refractivity contribution in [2.75, 3.05) is 7.11 Å². The molecule has 1 aromatic carbocycles. The van der Waals surface area contributed by atoms with E-state index >= 15 is 0 Å². The number of allylic oxidation sites excluding steroid dienone is 1. The lowest BCUT2D eigenvalue weighted by molar-refractivity contribution is 0.414. The second-order valence-corrected chi connectivity index (χ2v) is 5.16. The molecular weight excluding hydrogens is 184 g/mol. The highest BCUT2D eigenvalue weighted by Gasteiger charge is 2.22. The van der Waals surface area contributed by atoms with E-state index in [1.807, 2.05) is 6.07 Å². The second-order valence-electron chi connectivity index (χ2n) is 5.16. The van der Waals surface area contributed by atoms with Crippen molar-refractivity contribution in [3.8, 4) is 5.75 Å². The molecule has 1 nitrogen and oxygen atoms in total. The van der Waals surface area contributed by atoms with E-state index in [1.54, 1.807) is 7.11 Å². The molecule has 80 valence electrons. The number of rotatable bonds is 1. The number of methoxy groups -OCH3 is 1. The molecule has 15 heavy (non-hydrogen) atoms. The van der Waals surface area contributed by atoms with Crippen LogP contribution >= 0.6 is 0 Å². The van der Waals surface area contributed by atoms with Crippen LogP contribution in [-0.2, 0) is 6.42 Å². The summed E-state index contributed by atoms with van der Waals surface area (Å²) in [6.07, 6.45) is 3.39. The minimum absolute atomic E-state index is 0.270. The van der Waals surface area contributed by atoms with E-state index in [4.69, 9.17) is 4.74 Å².